The van der Waals surface area contributed by atoms with E-state index >= 15 is 0 Å². The second-order valence-corrected chi connectivity index (χ2v) is 5.25. The van der Waals surface area contributed by atoms with Crippen LogP contribution in [0.1, 0.15) is 24.5 Å². The third-order valence-electron chi connectivity index (χ3n) is 3.34. The van der Waals surface area contributed by atoms with Crippen LogP contribution in [0.4, 0.5) is 5.69 Å². The van der Waals surface area contributed by atoms with E-state index in [0.717, 1.165) is 0 Å². The third-order valence-corrected chi connectivity index (χ3v) is 3.34. The molecule has 0 radical (unpaired) electrons. The lowest BCUT2D eigenvalue weighted by molar-refractivity contribution is -0.385. The molecule has 2 N–H and O–H groups in total. The van der Waals surface area contributed by atoms with E-state index in [1.807, 2.05) is 6.92 Å². The maximum absolute atomic E-state index is 11.5. The molecule has 0 fully saturated rings. The predicted octanol–water partition coefficient (Wildman–Crippen LogP) is 3.71. The summed E-state index contributed by atoms with van der Waals surface area (Å²) in [5, 5.41) is 30.2. The van der Waals surface area contributed by atoms with E-state index in [2.05, 4.69) is 0 Å². The van der Waals surface area contributed by atoms with Crippen molar-refractivity contribution in [2.24, 2.45) is 0 Å². The second-order valence-electron chi connectivity index (χ2n) is 5.25. The van der Waals surface area contributed by atoms with Crippen molar-refractivity contribution in [2.75, 3.05) is 6.61 Å². The van der Waals surface area contributed by atoms with Crippen molar-refractivity contribution >= 4 is 23.3 Å². The summed E-state index contributed by atoms with van der Waals surface area (Å²) in [6, 6.07) is 10.0. The van der Waals surface area contributed by atoms with Gasteiger partial charge in [-0.1, -0.05) is 25.1 Å². The van der Waals surface area contributed by atoms with Crippen LogP contribution in [0.5, 0.6) is 11.5 Å². The number of benzene rings is 2. The van der Waals surface area contributed by atoms with Gasteiger partial charge in [0.15, 0.2) is 5.75 Å². The number of nitro benzene ring substituents is 1. The summed E-state index contributed by atoms with van der Waals surface area (Å²) in [6.07, 6.45) is 2.02. The van der Waals surface area contributed by atoms with Gasteiger partial charge in [-0.3, -0.25) is 10.1 Å². The first-order valence-electron chi connectivity index (χ1n) is 7.58. The minimum Gasteiger partial charge on any atom is -0.508 e. The van der Waals surface area contributed by atoms with Gasteiger partial charge >= 0.3 is 11.7 Å². The molecule has 2 rings (SSSR count). The van der Waals surface area contributed by atoms with Gasteiger partial charge in [0.1, 0.15) is 5.75 Å². The van der Waals surface area contributed by atoms with Gasteiger partial charge in [-0.25, -0.2) is 4.79 Å². The number of carboxylic acid groups (broad SMARTS) is 1. The Morgan fingerprint density at radius 1 is 1.28 bits per heavy atom. The van der Waals surface area contributed by atoms with Crippen molar-refractivity contribution in [3.63, 3.8) is 0 Å². The number of hydrogen-bond acceptors (Lipinski definition) is 5. The minimum absolute atomic E-state index is 0.0704. The molecule has 0 bridgehead atoms. The van der Waals surface area contributed by atoms with Crippen LogP contribution in [0.2, 0.25) is 0 Å². The molecule has 25 heavy (non-hydrogen) atoms. The van der Waals surface area contributed by atoms with E-state index in [-0.39, 0.29) is 22.8 Å². The number of nitrogens with zero attached hydrogens (tertiary/aromatic N) is 1. The van der Waals surface area contributed by atoms with E-state index in [1.54, 1.807) is 6.07 Å². The molecular formula is C18H17NO6. The third kappa shape index (κ3) is 4.57. The molecule has 0 aliphatic carbocycles. The molecular weight excluding hydrogens is 326 g/mol. The van der Waals surface area contributed by atoms with Gasteiger partial charge in [-0.15, -0.1) is 0 Å². The van der Waals surface area contributed by atoms with Crippen LogP contribution in [0.3, 0.4) is 0 Å². The lowest BCUT2D eigenvalue weighted by Crippen LogP contribution is -2.01. The highest BCUT2D eigenvalue weighted by Crippen LogP contribution is 2.30. The molecule has 130 valence electrons. The van der Waals surface area contributed by atoms with Gasteiger partial charge < -0.3 is 14.9 Å². The lowest BCUT2D eigenvalue weighted by atomic mass is 10.0. The zero-order valence-electron chi connectivity index (χ0n) is 13.5. The molecule has 0 aliphatic heterocycles. The summed E-state index contributed by atoms with van der Waals surface area (Å²) in [5.41, 5.74) is 0.313. The van der Waals surface area contributed by atoms with Crippen LogP contribution >= 0.6 is 0 Å². The van der Waals surface area contributed by atoms with Gasteiger partial charge in [-0.05, 0) is 41.8 Å². The van der Waals surface area contributed by atoms with Crippen LogP contribution in [-0.2, 0) is 4.79 Å². The van der Waals surface area contributed by atoms with Crippen LogP contribution in [0.25, 0.3) is 11.6 Å². The molecule has 0 aromatic heterocycles. The number of aliphatic carboxylic acids is 1. The summed E-state index contributed by atoms with van der Waals surface area (Å²) in [4.78, 5) is 22.2. The average molecular weight is 343 g/mol. The van der Waals surface area contributed by atoms with Crippen molar-refractivity contribution < 1.29 is 24.7 Å². The maximum Gasteiger partial charge on any atom is 0.336 e. The van der Waals surface area contributed by atoms with Gasteiger partial charge in [0, 0.05) is 6.07 Å². The first-order chi connectivity index (χ1) is 11.9. The van der Waals surface area contributed by atoms with Crippen LogP contribution in [-0.4, -0.2) is 27.7 Å². The van der Waals surface area contributed by atoms with Crippen molar-refractivity contribution in [3.05, 3.63) is 63.7 Å². The summed E-state index contributed by atoms with van der Waals surface area (Å²) in [6.45, 7) is 2.23. The highest BCUT2D eigenvalue weighted by atomic mass is 16.6. The smallest absolute Gasteiger partial charge is 0.336 e. The zero-order chi connectivity index (χ0) is 18.4. The molecule has 0 spiro atoms. The normalized spacial score (nSPS) is 11.2. The molecule has 7 nitrogen and oxygen atoms in total. The monoisotopic (exact) mass is 343 g/mol. The number of phenolic OH excluding ortho intramolecular Hbond substituents is 1. The zero-order valence-corrected chi connectivity index (χ0v) is 13.5. The summed E-state index contributed by atoms with van der Waals surface area (Å²) >= 11 is 0. The largest absolute Gasteiger partial charge is 0.508 e. The quantitative estimate of drug-likeness (QED) is 0.343. The number of phenols is 1. The summed E-state index contributed by atoms with van der Waals surface area (Å²) in [7, 11) is 0. The molecule has 0 saturated carbocycles. The highest BCUT2D eigenvalue weighted by Gasteiger charge is 2.17. The molecule has 0 aliphatic rings. The minimum atomic E-state index is -1.21. The Morgan fingerprint density at radius 2 is 2.04 bits per heavy atom. The fourth-order valence-corrected chi connectivity index (χ4v) is 2.21. The maximum atomic E-state index is 11.5. The van der Waals surface area contributed by atoms with E-state index < -0.39 is 10.9 Å². The van der Waals surface area contributed by atoms with Crippen LogP contribution in [0.15, 0.2) is 42.5 Å². The summed E-state index contributed by atoms with van der Waals surface area (Å²) < 4.78 is 5.34. The number of aromatic hydroxyl groups is 1. The Bertz CT molecular complexity index is 828. The van der Waals surface area contributed by atoms with Gasteiger partial charge in [-0.2, -0.15) is 0 Å². The van der Waals surface area contributed by atoms with E-state index in [0.29, 0.717) is 24.2 Å². The standard InChI is InChI=1S/C18H17NO6/c1-2-8-25-17-7-6-12(10-16(17)19(23)24)9-15(18(21)22)13-4-3-5-14(20)11-13/h3-7,9-11,20H,2,8H2,1H3,(H,21,22)/b15-9-. The van der Waals surface area contributed by atoms with Crippen molar-refractivity contribution in [2.45, 2.75) is 13.3 Å². The molecule has 0 unspecified atom stereocenters. The van der Waals surface area contributed by atoms with Crippen molar-refractivity contribution in [1.29, 1.82) is 0 Å². The van der Waals surface area contributed by atoms with Gasteiger partial charge in [0.05, 0.1) is 17.1 Å². The molecule has 0 heterocycles. The fraction of sp³-hybridized carbons (Fsp3) is 0.167. The average Bonchev–Trinajstić information content (AvgIpc) is 2.57. The molecule has 7 heteroatoms. The predicted molar refractivity (Wildman–Crippen MR) is 92.5 cm³/mol. The Labute approximate surface area is 144 Å². The van der Waals surface area contributed by atoms with Gasteiger partial charge in [0.25, 0.3) is 0 Å². The Morgan fingerprint density at radius 3 is 2.64 bits per heavy atom. The van der Waals surface area contributed by atoms with E-state index in [1.165, 1.54) is 42.5 Å². The lowest BCUT2D eigenvalue weighted by Gasteiger charge is -2.07. The number of rotatable bonds is 7. The number of carboxylic acids is 1. The first-order valence-corrected chi connectivity index (χ1v) is 7.58. The Kier molecular flexibility index (Phi) is 5.73. The number of carbonyl (C=O) groups is 1. The molecule has 0 saturated heterocycles. The highest BCUT2D eigenvalue weighted by molar-refractivity contribution is 6.20. The Hall–Kier alpha value is -3.35. The van der Waals surface area contributed by atoms with Crippen LogP contribution < -0.4 is 4.74 Å². The van der Waals surface area contributed by atoms with Crippen molar-refractivity contribution in [1.82, 2.24) is 0 Å². The second kappa shape index (κ2) is 7.96. The number of hydrogen-bond donors (Lipinski definition) is 2. The summed E-state index contributed by atoms with van der Waals surface area (Å²) in [5.74, 6) is -1.14. The fourth-order valence-electron chi connectivity index (χ4n) is 2.21. The number of ether oxygens (including phenoxy) is 1. The van der Waals surface area contributed by atoms with E-state index in [4.69, 9.17) is 4.74 Å². The molecule has 0 atom stereocenters. The molecule has 2 aromatic carbocycles. The molecule has 2 aromatic rings. The number of nitro groups is 1. The molecule has 0 amide bonds. The topological polar surface area (TPSA) is 110 Å². The first kappa shape index (κ1) is 18.0. The Balaban J connectivity index is 2.48. The van der Waals surface area contributed by atoms with Gasteiger partial charge in [0.2, 0.25) is 0 Å². The van der Waals surface area contributed by atoms with Crippen LogP contribution in [0, 0.1) is 10.1 Å². The van der Waals surface area contributed by atoms with Crippen molar-refractivity contribution in [3.8, 4) is 11.5 Å². The van der Waals surface area contributed by atoms with E-state index in [9.17, 15) is 25.1 Å². The SMILES string of the molecule is CCCOc1ccc(/C=C(\C(=O)O)c2cccc(O)c2)cc1[N+](=O)[O-].